The number of para-hydroxylation sites is 1. The van der Waals surface area contributed by atoms with Crippen molar-refractivity contribution >= 4 is 11.1 Å². The number of fused-ring (bicyclic) bond motifs is 1. The molecule has 0 saturated heterocycles. The van der Waals surface area contributed by atoms with Crippen LogP contribution in [0.2, 0.25) is 0 Å². The molecule has 0 unspecified atom stereocenters. The van der Waals surface area contributed by atoms with E-state index in [0.29, 0.717) is 11.3 Å². The van der Waals surface area contributed by atoms with E-state index in [4.69, 9.17) is 4.42 Å². The average Bonchev–Trinajstić information content (AvgIpc) is 3.18. The minimum Gasteiger partial charge on any atom is -0.408 e. The normalized spacial score (nSPS) is 11.2. The smallest absolute Gasteiger partial charge is 0.408 e. The molecule has 4 aromatic rings. The number of H-pyrrole nitrogens is 1. The molecule has 2 heterocycles. The Morgan fingerprint density at radius 2 is 2.00 bits per heavy atom. The van der Waals surface area contributed by atoms with Gasteiger partial charge in [0.2, 0.25) is 0 Å². The predicted octanol–water partition coefficient (Wildman–Crippen LogP) is 2.43. The molecule has 2 aromatic carbocycles. The lowest BCUT2D eigenvalue weighted by Crippen LogP contribution is -2.00. The standard InChI is InChI=1S/C16H11FN4O2/c17-14-10(6-7-13-15(14)19-16(22)23-13)8-11-9-18-21(20-11)12-4-2-1-3-5-12/h1-7,9H,8H2,(H,19,22). The van der Waals surface area contributed by atoms with Crippen LogP contribution in [-0.2, 0) is 6.42 Å². The molecule has 0 bridgehead atoms. The van der Waals surface area contributed by atoms with Crippen LogP contribution in [0.3, 0.4) is 0 Å². The van der Waals surface area contributed by atoms with Gasteiger partial charge < -0.3 is 4.42 Å². The van der Waals surface area contributed by atoms with Gasteiger partial charge in [-0.15, -0.1) is 0 Å². The van der Waals surface area contributed by atoms with E-state index in [1.165, 1.54) is 4.80 Å². The summed E-state index contributed by atoms with van der Waals surface area (Å²) in [5.74, 6) is -1.19. The lowest BCUT2D eigenvalue weighted by Gasteiger charge is -2.01. The number of hydrogen-bond acceptors (Lipinski definition) is 4. The third kappa shape index (κ3) is 2.42. The molecule has 0 saturated carbocycles. The van der Waals surface area contributed by atoms with E-state index in [9.17, 15) is 9.18 Å². The van der Waals surface area contributed by atoms with E-state index in [1.54, 1.807) is 18.3 Å². The fraction of sp³-hybridized carbons (Fsp3) is 0.0625. The number of aromatic amines is 1. The first-order valence-corrected chi connectivity index (χ1v) is 6.97. The van der Waals surface area contributed by atoms with Gasteiger partial charge in [0.1, 0.15) is 5.52 Å². The van der Waals surface area contributed by atoms with Crippen molar-refractivity contribution in [1.29, 1.82) is 0 Å². The van der Waals surface area contributed by atoms with Gasteiger partial charge in [0.05, 0.1) is 17.6 Å². The van der Waals surface area contributed by atoms with Gasteiger partial charge in [-0.3, -0.25) is 4.98 Å². The van der Waals surface area contributed by atoms with Gasteiger partial charge in [-0.1, -0.05) is 24.3 Å². The maximum atomic E-state index is 14.4. The molecular weight excluding hydrogens is 299 g/mol. The molecular formula is C16H11FN4O2. The van der Waals surface area contributed by atoms with E-state index < -0.39 is 11.6 Å². The minimum absolute atomic E-state index is 0.0722. The van der Waals surface area contributed by atoms with Gasteiger partial charge in [0, 0.05) is 6.42 Å². The van der Waals surface area contributed by atoms with E-state index in [-0.39, 0.29) is 17.5 Å². The largest absolute Gasteiger partial charge is 0.417 e. The number of nitrogens with one attached hydrogen (secondary N) is 1. The zero-order chi connectivity index (χ0) is 15.8. The van der Waals surface area contributed by atoms with Crippen molar-refractivity contribution in [3.05, 3.63) is 76.3 Å². The summed E-state index contributed by atoms with van der Waals surface area (Å²) in [4.78, 5) is 15.0. The Morgan fingerprint density at radius 1 is 1.17 bits per heavy atom. The second-order valence-corrected chi connectivity index (χ2v) is 5.06. The first kappa shape index (κ1) is 13.4. The van der Waals surface area contributed by atoms with Gasteiger partial charge in [-0.2, -0.15) is 15.0 Å². The van der Waals surface area contributed by atoms with Gasteiger partial charge in [-0.25, -0.2) is 9.18 Å². The number of oxazole rings is 1. The highest BCUT2D eigenvalue weighted by Crippen LogP contribution is 2.20. The predicted molar refractivity (Wildman–Crippen MR) is 81.0 cm³/mol. The molecule has 0 amide bonds. The number of rotatable bonds is 3. The molecule has 2 aromatic heterocycles. The molecule has 6 nitrogen and oxygen atoms in total. The summed E-state index contributed by atoms with van der Waals surface area (Å²) in [6, 6.07) is 12.6. The van der Waals surface area contributed by atoms with Gasteiger partial charge in [0.15, 0.2) is 11.4 Å². The van der Waals surface area contributed by atoms with Gasteiger partial charge in [-0.05, 0) is 23.8 Å². The van der Waals surface area contributed by atoms with Crippen molar-refractivity contribution in [2.75, 3.05) is 0 Å². The minimum atomic E-state index is -0.675. The summed E-state index contributed by atoms with van der Waals surface area (Å²) >= 11 is 0. The molecule has 0 aliphatic carbocycles. The number of hydrogen-bond donors (Lipinski definition) is 1. The molecule has 4 rings (SSSR count). The van der Waals surface area contributed by atoms with Crippen LogP contribution in [0.15, 0.2) is 57.9 Å². The Hall–Kier alpha value is -3.22. The van der Waals surface area contributed by atoms with Crippen molar-refractivity contribution in [2.24, 2.45) is 0 Å². The SMILES string of the molecule is O=c1[nH]c2c(F)c(Cc3cnn(-c4ccccc4)n3)ccc2o1. The molecule has 0 aliphatic rings. The second kappa shape index (κ2) is 5.20. The average molecular weight is 310 g/mol. The van der Waals surface area contributed by atoms with Crippen molar-refractivity contribution in [3.8, 4) is 5.69 Å². The van der Waals surface area contributed by atoms with Crippen LogP contribution >= 0.6 is 0 Å². The Balaban J connectivity index is 1.67. The highest BCUT2D eigenvalue weighted by molar-refractivity contribution is 5.73. The van der Waals surface area contributed by atoms with E-state index in [1.807, 2.05) is 30.3 Å². The lowest BCUT2D eigenvalue weighted by atomic mass is 10.1. The number of nitrogens with zero attached hydrogens (tertiary/aromatic N) is 3. The van der Waals surface area contributed by atoms with Crippen molar-refractivity contribution in [3.63, 3.8) is 0 Å². The van der Waals surface area contributed by atoms with Crippen LogP contribution < -0.4 is 5.76 Å². The quantitative estimate of drug-likeness (QED) is 0.630. The molecule has 23 heavy (non-hydrogen) atoms. The Bertz CT molecular complexity index is 1030. The Morgan fingerprint density at radius 3 is 2.83 bits per heavy atom. The summed E-state index contributed by atoms with van der Waals surface area (Å²) < 4.78 is 19.2. The van der Waals surface area contributed by atoms with Crippen molar-refractivity contribution < 1.29 is 8.81 Å². The lowest BCUT2D eigenvalue weighted by molar-refractivity contribution is 0.555. The maximum Gasteiger partial charge on any atom is 0.417 e. The first-order valence-electron chi connectivity index (χ1n) is 6.97. The van der Waals surface area contributed by atoms with Gasteiger partial charge >= 0.3 is 5.76 Å². The zero-order valence-electron chi connectivity index (χ0n) is 11.9. The van der Waals surface area contributed by atoms with Crippen LogP contribution in [-0.4, -0.2) is 20.0 Å². The molecule has 0 spiro atoms. The maximum absolute atomic E-state index is 14.4. The Kier molecular flexibility index (Phi) is 3.04. The molecule has 0 radical (unpaired) electrons. The van der Waals surface area contributed by atoms with Crippen LogP contribution in [0.4, 0.5) is 4.39 Å². The molecule has 0 fully saturated rings. The van der Waals surface area contributed by atoms with E-state index in [0.717, 1.165) is 5.69 Å². The second-order valence-electron chi connectivity index (χ2n) is 5.06. The number of aromatic nitrogens is 4. The van der Waals surface area contributed by atoms with Crippen molar-refractivity contribution in [2.45, 2.75) is 6.42 Å². The monoisotopic (exact) mass is 310 g/mol. The fourth-order valence-corrected chi connectivity index (χ4v) is 2.42. The summed E-state index contributed by atoms with van der Waals surface area (Å²) in [6.45, 7) is 0. The first-order chi connectivity index (χ1) is 11.2. The fourth-order valence-electron chi connectivity index (χ4n) is 2.42. The molecule has 0 atom stereocenters. The molecule has 7 heteroatoms. The number of halogens is 1. The third-order valence-corrected chi connectivity index (χ3v) is 3.51. The zero-order valence-corrected chi connectivity index (χ0v) is 11.9. The summed E-state index contributed by atoms with van der Waals surface area (Å²) in [5, 5.41) is 8.53. The third-order valence-electron chi connectivity index (χ3n) is 3.51. The molecule has 114 valence electrons. The Labute approximate surface area is 129 Å². The number of benzene rings is 2. The summed E-state index contributed by atoms with van der Waals surface area (Å²) in [5.41, 5.74) is 2.13. The topological polar surface area (TPSA) is 76.7 Å². The van der Waals surface area contributed by atoms with Crippen LogP contribution in [0, 0.1) is 5.82 Å². The molecule has 1 N–H and O–H groups in total. The summed E-state index contributed by atoms with van der Waals surface area (Å²) in [7, 11) is 0. The van der Waals surface area contributed by atoms with Crippen LogP contribution in [0.1, 0.15) is 11.3 Å². The summed E-state index contributed by atoms with van der Waals surface area (Å²) in [6.07, 6.45) is 1.86. The highest BCUT2D eigenvalue weighted by atomic mass is 19.1. The van der Waals surface area contributed by atoms with Gasteiger partial charge in [0.25, 0.3) is 0 Å². The molecule has 0 aliphatic heterocycles. The van der Waals surface area contributed by atoms with E-state index >= 15 is 0 Å². The van der Waals surface area contributed by atoms with Crippen molar-refractivity contribution in [1.82, 2.24) is 20.0 Å². The van der Waals surface area contributed by atoms with E-state index in [2.05, 4.69) is 15.2 Å². The highest BCUT2D eigenvalue weighted by Gasteiger charge is 2.13. The van der Waals surface area contributed by atoms with Crippen LogP contribution in [0.25, 0.3) is 16.8 Å². The van der Waals surface area contributed by atoms with Crippen LogP contribution in [0.5, 0.6) is 0 Å².